The average molecular weight is 263 g/mol. The molecule has 1 fully saturated rings. The van der Waals surface area contributed by atoms with Crippen molar-refractivity contribution in [2.75, 3.05) is 30.7 Å². The number of likely N-dealkylation sites (tertiary alicyclic amines) is 1. The Hall–Kier alpha value is -1.82. The number of aromatic nitrogens is 1. The molecular weight excluding hydrogens is 242 g/mol. The zero-order chi connectivity index (χ0) is 13.8. The minimum atomic E-state index is -0.529. The number of hydrogen-bond acceptors (Lipinski definition) is 5. The molecule has 1 unspecified atom stereocenters. The number of likely N-dealkylation sites (N-methyl/N-ethyl adjacent to an activating group) is 1. The molecule has 0 spiro atoms. The summed E-state index contributed by atoms with van der Waals surface area (Å²) in [6, 6.07) is 2.14. The molecule has 1 aromatic rings. The minimum Gasteiger partial charge on any atom is -0.397 e. The highest BCUT2D eigenvalue weighted by molar-refractivity contribution is 5.98. The maximum Gasteiger partial charge on any atom is 0.250 e. The largest absolute Gasteiger partial charge is 0.397 e. The lowest BCUT2D eigenvalue weighted by atomic mass is 10.2. The zero-order valence-corrected chi connectivity index (χ0v) is 11.2. The molecule has 5 N–H and O–H groups in total. The highest BCUT2D eigenvalue weighted by Gasteiger charge is 2.22. The first-order valence-electron chi connectivity index (χ1n) is 6.65. The number of amides is 1. The second-order valence-corrected chi connectivity index (χ2v) is 4.83. The van der Waals surface area contributed by atoms with E-state index in [1.165, 1.54) is 19.0 Å². The first-order chi connectivity index (χ1) is 9.11. The number of carbonyl (C=O) groups is 1. The van der Waals surface area contributed by atoms with E-state index in [2.05, 4.69) is 22.1 Å². The van der Waals surface area contributed by atoms with Gasteiger partial charge in [-0.1, -0.05) is 6.92 Å². The summed E-state index contributed by atoms with van der Waals surface area (Å²) < 4.78 is 0. The van der Waals surface area contributed by atoms with Gasteiger partial charge in [-0.15, -0.1) is 0 Å². The Bertz CT molecular complexity index is 462. The Labute approximate surface area is 113 Å². The van der Waals surface area contributed by atoms with Gasteiger partial charge in [0.1, 0.15) is 5.82 Å². The number of hydrogen-bond donors (Lipinski definition) is 3. The number of pyridine rings is 1. The Morgan fingerprint density at radius 2 is 2.42 bits per heavy atom. The van der Waals surface area contributed by atoms with E-state index in [0.717, 1.165) is 19.6 Å². The third-order valence-electron chi connectivity index (χ3n) is 3.62. The molecule has 6 heteroatoms. The van der Waals surface area contributed by atoms with Gasteiger partial charge in [0.15, 0.2) is 0 Å². The van der Waals surface area contributed by atoms with Crippen molar-refractivity contribution in [3.05, 3.63) is 17.8 Å². The molecule has 104 valence electrons. The summed E-state index contributed by atoms with van der Waals surface area (Å²) in [7, 11) is 0. The van der Waals surface area contributed by atoms with Crippen molar-refractivity contribution in [1.29, 1.82) is 0 Å². The van der Waals surface area contributed by atoms with Crippen molar-refractivity contribution in [3.8, 4) is 0 Å². The van der Waals surface area contributed by atoms with Gasteiger partial charge in [-0.25, -0.2) is 4.98 Å². The van der Waals surface area contributed by atoms with Crippen molar-refractivity contribution in [2.24, 2.45) is 5.73 Å². The molecule has 1 aliphatic heterocycles. The Morgan fingerprint density at radius 3 is 3.11 bits per heavy atom. The fourth-order valence-electron chi connectivity index (χ4n) is 2.54. The van der Waals surface area contributed by atoms with Crippen molar-refractivity contribution in [3.63, 3.8) is 0 Å². The monoisotopic (exact) mass is 263 g/mol. The molecule has 19 heavy (non-hydrogen) atoms. The van der Waals surface area contributed by atoms with E-state index < -0.39 is 5.91 Å². The summed E-state index contributed by atoms with van der Waals surface area (Å²) in [5, 5.41) is 3.26. The van der Waals surface area contributed by atoms with Gasteiger partial charge in [0.2, 0.25) is 0 Å². The van der Waals surface area contributed by atoms with Crippen molar-refractivity contribution in [2.45, 2.75) is 25.8 Å². The third kappa shape index (κ3) is 3.14. The van der Waals surface area contributed by atoms with Crippen molar-refractivity contribution in [1.82, 2.24) is 9.88 Å². The zero-order valence-electron chi connectivity index (χ0n) is 11.2. The maximum absolute atomic E-state index is 11.2. The highest BCUT2D eigenvalue weighted by atomic mass is 16.1. The SMILES string of the molecule is CCN1CCCC1CNc1cc(C(N)=O)c(N)cn1. The highest BCUT2D eigenvalue weighted by Crippen LogP contribution is 2.18. The number of rotatable bonds is 5. The fraction of sp³-hybridized carbons (Fsp3) is 0.538. The molecule has 1 amide bonds. The van der Waals surface area contributed by atoms with Crippen LogP contribution in [0.5, 0.6) is 0 Å². The smallest absolute Gasteiger partial charge is 0.250 e. The molecule has 0 aliphatic carbocycles. The molecule has 0 aromatic carbocycles. The molecule has 1 saturated heterocycles. The molecule has 1 aliphatic rings. The van der Waals surface area contributed by atoms with E-state index in [1.807, 2.05) is 0 Å². The van der Waals surface area contributed by atoms with Crippen LogP contribution in [0.1, 0.15) is 30.1 Å². The van der Waals surface area contributed by atoms with Gasteiger partial charge in [-0.2, -0.15) is 0 Å². The van der Waals surface area contributed by atoms with Gasteiger partial charge >= 0.3 is 0 Å². The number of anilines is 2. The van der Waals surface area contributed by atoms with Crippen LogP contribution >= 0.6 is 0 Å². The van der Waals surface area contributed by atoms with Gasteiger partial charge in [0.25, 0.3) is 5.91 Å². The van der Waals surface area contributed by atoms with Crippen LogP contribution in [-0.2, 0) is 0 Å². The fourth-order valence-corrected chi connectivity index (χ4v) is 2.54. The van der Waals surface area contributed by atoms with E-state index in [0.29, 0.717) is 23.1 Å². The normalized spacial score (nSPS) is 19.5. The van der Waals surface area contributed by atoms with Gasteiger partial charge < -0.3 is 16.8 Å². The predicted octanol–water partition coefficient (Wildman–Crippen LogP) is 0.659. The molecule has 1 atom stereocenters. The van der Waals surface area contributed by atoms with Gasteiger partial charge in [-0.3, -0.25) is 9.69 Å². The standard InChI is InChI=1S/C13H21N5O/c1-2-18-5-3-4-9(18)7-16-12-6-10(13(15)19)11(14)8-17-12/h6,8-9H,2-5,7,14H2,1H3,(H2,15,19)(H,16,17). The van der Waals surface area contributed by atoms with Crippen LogP contribution in [0.2, 0.25) is 0 Å². The number of primary amides is 1. The summed E-state index contributed by atoms with van der Waals surface area (Å²) in [6.07, 6.45) is 3.90. The summed E-state index contributed by atoms with van der Waals surface area (Å²) in [5.41, 5.74) is 11.5. The Morgan fingerprint density at radius 1 is 1.63 bits per heavy atom. The molecule has 0 radical (unpaired) electrons. The molecule has 2 heterocycles. The number of carbonyl (C=O) groups excluding carboxylic acids is 1. The van der Waals surface area contributed by atoms with E-state index in [9.17, 15) is 4.79 Å². The van der Waals surface area contributed by atoms with Crippen LogP contribution < -0.4 is 16.8 Å². The van der Waals surface area contributed by atoms with E-state index in [4.69, 9.17) is 11.5 Å². The van der Waals surface area contributed by atoms with Crippen molar-refractivity contribution >= 4 is 17.4 Å². The van der Waals surface area contributed by atoms with Crippen molar-refractivity contribution < 1.29 is 4.79 Å². The predicted molar refractivity (Wildman–Crippen MR) is 75.9 cm³/mol. The molecule has 0 saturated carbocycles. The molecule has 6 nitrogen and oxygen atoms in total. The maximum atomic E-state index is 11.2. The summed E-state index contributed by atoms with van der Waals surface area (Å²) in [5.74, 6) is 0.116. The minimum absolute atomic E-state index is 0.314. The number of nitrogens with two attached hydrogens (primary N) is 2. The van der Waals surface area contributed by atoms with Crippen LogP contribution in [0.4, 0.5) is 11.5 Å². The molecular formula is C13H21N5O. The Balaban J connectivity index is 2.00. The van der Waals surface area contributed by atoms with Gasteiger partial charge in [-0.05, 0) is 32.0 Å². The first-order valence-corrected chi connectivity index (χ1v) is 6.65. The van der Waals surface area contributed by atoms with Gasteiger partial charge in [0, 0.05) is 12.6 Å². The molecule has 1 aromatic heterocycles. The Kier molecular flexibility index (Phi) is 4.21. The topological polar surface area (TPSA) is 97.3 Å². The van der Waals surface area contributed by atoms with Crippen LogP contribution in [0.15, 0.2) is 12.3 Å². The summed E-state index contributed by atoms with van der Waals surface area (Å²) >= 11 is 0. The van der Waals surface area contributed by atoms with Gasteiger partial charge in [0.05, 0.1) is 17.4 Å². The third-order valence-corrected chi connectivity index (χ3v) is 3.62. The van der Waals surface area contributed by atoms with Crippen LogP contribution in [0.25, 0.3) is 0 Å². The average Bonchev–Trinajstić information content (AvgIpc) is 2.84. The summed E-state index contributed by atoms with van der Waals surface area (Å²) in [6.45, 7) is 5.21. The molecule has 0 bridgehead atoms. The van der Waals surface area contributed by atoms with Crippen LogP contribution in [0, 0.1) is 0 Å². The van der Waals surface area contributed by atoms with Crippen LogP contribution in [0.3, 0.4) is 0 Å². The number of nitrogens with one attached hydrogen (secondary N) is 1. The lowest BCUT2D eigenvalue weighted by Gasteiger charge is -2.23. The second-order valence-electron chi connectivity index (χ2n) is 4.83. The van der Waals surface area contributed by atoms with E-state index in [-0.39, 0.29) is 0 Å². The molecule has 2 rings (SSSR count). The quantitative estimate of drug-likeness (QED) is 0.725. The number of nitrogen functional groups attached to an aromatic ring is 1. The lowest BCUT2D eigenvalue weighted by Crippen LogP contribution is -2.34. The van der Waals surface area contributed by atoms with E-state index >= 15 is 0 Å². The van der Waals surface area contributed by atoms with E-state index in [1.54, 1.807) is 6.07 Å². The summed E-state index contributed by atoms with van der Waals surface area (Å²) in [4.78, 5) is 17.8. The number of nitrogens with zero attached hydrogens (tertiary/aromatic N) is 2. The second kappa shape index (κ2) is 5.88. The lowest BCUT2D eigenvalue weighted by molar-refractivity contribution is 0.100. The first kappa shape index (κ1) is 13.6. The van der Waals surface area contributed by atoms with Crippen LogP contribution in [-0.4, -0.2) is 41.5 Å².